The summed E-state index contributed by atoms with van der Waals surface area (Å²) < 4.78 is 12.6. The maximum Gasteiger partial charge on any atom is 0.325 e. The Bertz CT molecular complexity index is 1050. The van der Waals surface area contributed by atoms with Crippen molar-refractivity contribution in [2.75, 3.05) is 14.2 Å². The smallest absolute Gasteiger partial charge is 0.325 e. The minimum Gasteiger partial charge on any atom is -0.495 e. The fourth-order valence-corrected chi connectivity index (χ4v) is 3.73. The molecule has 1 heterocycles. The number of fused-ring (bicyclic) bond motifs is 1. The van der Waals surface area contributed by atoms with Gasteiger partial charge in [-0.3, -0.25) is 9.59 Å². The molecule has 2 aromatic carbocycles. The SMILES string of the molecule is COC(=O)Cn1c(=NC(=O)c2ccccc2Cl)sc2cccc(OC)c21. The van der Waals surface area contributed by atoms with Crippen LogP contribution in [0, 0.1) is 0 Å². The molecule has 0 bridgehead atoms. The number of rotatable bonds is 4. The Hall–Kier alpha value is -2.64. The lowest BCUT2D eigenvalue weighted by molar-refractivity contribution is -0.141. The molecule has 0 aliphatic heterocycles. The second-order valence-corrected chi connectivity index (χ2v) is 6.67. The van der Waals surface area contributed by atoms with Crippen LogP contribution >= 0.6 is 22.9 Å². The van der Waals surface area contributed by atoms with Crippen LogP contribution in [-0.4, -0.2) is 30.7 Å². The van der Waals surface area contributed by atoms with Crippen LogP contribution in [0.25, 0.3) is 10.2 Å². The number of amides is 1. The zero-order chi connectivity index (χ0) is 18.7. The van der Waals surface area contributed by atoms with Gasteiger partial charge in [0.15, 0.2) is 4.80 Å². The number of aromatic nitrogens is 1. The Labute approximate surface area is 158 Å². The summed E-state index contributed by atoms with van der Waals surface area (Å²) in [4.78, 5) is 29.0. The number of benzene rings is 2. The molecule has 0 unspecified atom stereocenters. The molecule has 0 saturated carbocycles. The lowest BCUT2D eigenvalue weighted by Crippen LogP contribution is -2.22. The predicted octanol–water partition coefficient (Wildman–Crippen LogP) is 3.28. The Balaban J connectivity index is 2.21. The molecule has 0 spiro atoms. The number of thiazole rings is 1. The van der Waals surface area contributed by atoms with Crippen molar-refractivity contribution < 1.29 is 19.1 Å². The van der Waals surface area contributed by atoms with Crippen molar-refractivity contribution in [1.82, 2.24) is 4.57 Å². The van der Waals surface area contributed by atoms with Crippen molar-refractivity contribution >= 4 is 45.0 Å². The van der Waals surface area contributed by atoms with Gasteiger partial charge >= 0.3 is 5.97 Å². The van der Waals surface area contributed by atoms with E-state index in [1.807, 2.05) is 12.1 Å². The molecule has 0 radical (unpaired) electrons. The van der Waals surface area contributed by atoms with E-state index in [-0.39, 0.29) is 6.54 Å². The molecule has 0 aliphatic rings. The molecule has 0 fully saturated rings. The second-order valence-electron chi connectivity index (χ2n) is 5.25. The molecule has 1 aromatic heterocycles. The van der Waals surface area contributed by atoms with E-state index < -0.39 is 11.9 Å². The molecule has 26 heavy (non-hydrogen) atoms. The van der Waals surface area contributed by atoms with Crippen LogP contribution < -0.4 is 9.54 Å². The molecule has 3 aromatic rings. The average Bonchev–Trinajstić information content (AvgIpc) is 2.99. The highest BCUT2D eigenvalue weighted by molar-refractivity contribution is 7.16. The van der Waals surface area contributed by atoms with E-state index in [1.165, 1.54) is 18.4 Å². The monoisotopic (exact) mass is 390 g/mol. The molecule has 8 heteroatoms. The summed E-state index contributed by atoms with van der Waals surface area (Å²) in [6.45, 7) is -0.0918. The minimum absolute atomic E-state index is 0.0918. The largest absolute Gasteiger partial charge is 0.495 e. The van der Waals surface area contributed by atoms with Crippen LogP contribution in [0.15, 0.2) is 47.5 Å². The quantitative estimate of drug-likeness (QED) is 0.641. The van der Waals surface area contributed by atoms with Gasteiger partial charge in [-0.15, -0.1) is 0 Å². The van der Waals surface area contributed by atoms with Gasteiger partial charge in [0, 0.05) is 0 Å². The standard InChI is InChI=1S/C18H15ClN2O4S/c1-24-13-8-5-9-14-16(13)21(10-15(22)25-2)18(26-14)20-17(23)11-6-3-4-7-12(11)19/h3-9H,10H2,1-2H3. The molecule has 0 saturated heterocycles. The first kappa shape index (κ1) is 18.2. The first-order valence-corrected chi connectivity index (χ1v) is 8.81. The van der Waals surface area contributed by atoms with E-state index in [1.54, 1.807) is 42.0 Å². The fraction of sp³-hybridized carbons (Fsp3) is 0.167. The molecule has 0 N–H and O–H groups in total. The summed E-state index contributed by atoms with van der Waals surface area (Å²) in [7, 11) is 2.85. The van der Waals surface area contributed by atoms with Crippen LogP contribution in [0.1, 0.15) is 10.4 Å². The highest BCUT2D eigenvalue weighted by Gasteiger charge is 2.16. The van der Waals surface area contributed by atoms with E-state index >= 15 is 0 Å². The lowest BCUT2D eigenvalue weighted by Gasteiger charge is -2.07. The lowest BCUT2D eigenvalue weighted by atomic mass is 10.2. The molecule has 0 aliphatic carbocycles. The molecule has 0 atom stereocenters. The van der Waals surface area contributed by atoms with Gasteiger partial charge in [0.25, 0.3) is 5.91 Å². The van der Waals surface area contributed by atoms with Gasteiger partial charge in [-0.25, -0.2) is 0 Å². The van der Waals surface area contributed by atoms with Gasteiger partial charge in [0.2, 0.25) is 0 Å². The van der Waals surface area contributed by atoms with E-state index in [9.17, 15) is 9.59 Å². The third kappa shape index (κ3) is 3.49. The molecule has 134 valence electrons. The maximum absolute atomic E-state index is 12.6. The van der Waals surface area contributed by atoms with Crippen LogP contribution in [0.5, 0.6) is 5.75 Å². The van der Waals surface area contributed by atoms with Crippen LogP contribution in [0.4, 0.5) is 0 Å². The number of hydrogen-bond donors (Lipinski definition) is 0. The highest BCUT2D eigenvalue weighted by Crippen LogP contribution is 2.27. The third-order valence-corrected chi connectivity index (χ3v) is 5.07. The molecule has 6 nitrogen and oxygen atoms in total. The number of esters is 1. The average molecular weight is 391 g/mol. The summed E-state index contributed by atoms with van der Waals surface area (Å²) in [5, 5.41) is 0.319. The first-order valence-electron chi connectivity index (χ1n) is 7.62. The van der Waals surface area contributed by atoms with Crippen LogP contribution in [0.3, 0.4) is 0 Å². The van der Waals surface area contributed by atoms with Crippen molar-refractivity contribution in [2.24, 2.45) is 4.99 Å². The fourth-order valence-electron chi connectivity index (χ4n) is 2.47. The molecular weight excluding hydrogens is 376 g/mol. The van der Waals surface area contributed by atoms with Crippen LogP contribution in [0.2, 0.25) is 5.02 Å². The van der Waals surface area contributed by atoms with Crippen molar-refractivity contribution in [2.45, 2.75) is 6.54 Å². The summed E-state index contributed by atoms with van der Waals surface area (Å²) >= 11 is 7.36. The van der Waals surface area contributed by atoms with Crippen molar-refractivity contribution in [1.29, 1.82) is 0 Å². The normalized spacial score (nSPS) is 11.6. The number of methoxy groups -OCH3 is 2. The Morgan fingerprint density at radius 3 is 2.62 bits per heavy atom. The maximum atomic E-state index is 12.6. The van der Waals surface area contributed by atoms with Gasteiger partial charge < -0.3 is 14.0 Å². The van der Waals surface area contributed by atoms with E-state index in [4.69, 9.17) is 21.1 Å². The predicted molar refractivity (Wildman–Crippen MR) is 99.7 cm³/mol. The minimum atomic E-state index is -0.486. The Kier molecular flexibility index (Phi) is 5.39. The number of hydrogen-bond acceptors (Lipinski definition) is 5. The number of halogens is 1. The van der Waals surface area contributed by atoms with Gasteiger partial charge in [0.1, 0.15) is 17.8 Å². The topological polar surface area (TPSA) is 69.9 Å². The number of para-hydroxylation sites is 1. The highest BCUT2D eigenvalue weighted by atomic mass is 35.5. The zero-order valence-corrected chi connectivity index (χ0v) is 15.6. The summed E-state index contributed by atoms with van der Waals surface area (Å²) in [5.41, 5.74) is 0.972. The number of carbonyl (C=O) groups excluding carboxylic acids is 2. The van der Waals surface area contributed by atoms with Crippen molar-refractivity contribution in [3.63, 3.8) is 0 Å². The second kappa shape index (κ2) is 7.72. The number of nitrogens with zero attached hydrogens (tertiary/aromatic N) is 2. The van der Waals surface area contributed by atoms with Gasteiger partial charge in [0.05, 0.1) is 29.5 Å². The first-order chi connectivity index (χ1) is 12.5. The van der Waals surface area contributed by atoms with Crippen molar-refractivity contribution in [3.8, 4) is 5.75 Å². The molecular formula is C18H15ClN2O4S. The summed E-state index contributed by atoms with van der Waals surface area (Å²) in [6, 6.07) is 12.2. The molecule has 1 amide bonds. The van der Waals surface area contributed by atoms with Gasteiger partial charge in [-0.1, -0.05) is 41.1 Å². The summed E-state index contributed by atoms with van der Waals surface area (Å²) in [5.74, 6) is -0.365. The van der Waals surface area contributed by atoms with Crippen molar-refractivity contribution in [3.05, 3.63) is 57.9 Å². The van der Waals surface area contributed by atoms with Gasteiger partial charge in [-0.05, 0) is 24.3 Å². The Morgan fingerprint density at radius 1 is 1.15 bits per heavy atom. The number of carbonyl (C=O) groups is 2. The molecule has 3 rings (SSSR count). The third-order valence-electron chi connectivity index (χ3n) is 3.70. The van der Waals surface area contributed by atoms with E-state index in [2.05, 4.69) is 4.99 Å². The van der Waals surface area contributed by atoms with Crippen LogP contribution in [-0.2, 0) is 16.1 Å². The number of ether oxygens (including phenoxy) is 2. The summed E-state index contributed by atoms with van der Waals surface area (Å²) in [6.07, 6.45) is 0. The van der Waals surface area contributed by atoms with E-state index in [0.717, 1.165) is 4.70 Å². The zero-order valence-electron chi connectivity index (χ0n) is 14.1. The van der Waals surface area contributed by atoms with Gasteiger partial charge in [-0.2, -0.15) is 4.99 Å². The Morgan fingerprint density at radius 2 is 1.92 bits per heavy atom. The van der Waals surface area contributed by atoms with E-state index in [0.29, 0.717) is 26.7 Å².